The zero-order chi connectivity index (χ0) is 13.6. The first kappa shape index (κ1) is 14.1. The minimum Gasteiger partial charge on any atom is -0.462 e. The van der Waals surface area contributed by atoms with Gasteiger partial charge in [0.25, 0.3) is 16.1 Å². The summed E-state index contributed by atoms with van der Waals surface area (Å²) in [4.78, 5) is 21.3. The zero-order valence-electron chi connectivity index (χ0n) is 9.62. The first-order valence-electron chi connectivity index (χ1n) is 5.13. The number of hydrogen-bond acceptors (Lipinski definition) is 5. The van der Waals surface area contributed by atoms with E-state index in [0.29, 0.717) is 6.42 Å². The lowest BCUT2D eigenvalue weighted by Gasteiger charge is -2.06. The SMILES string of the molecule is CCCOC(=O)c1ccccc1S(=O)(=O)N=C=O. The quantitative estimate of drug-likeness (QED) is 0.456. The molecule has 1 rings (SSSR count). The van der Waals surface area contributed by atoms with E-state index in [9.17, 15) is 18.0 Å². The third kappa shape index (κ3) is 3.26. The average molecular weight is 269 g/mol. The highest BCUT2D eigenvalue weighted by molar-refractivity contribution is 7.90. The molecule has 1 aromatic rings. The molecule has 0 aliphatic carbocycles. The second-order valence-corrected chi connectivity index (χ2v) is 4.86. The molecule has 0 amide bonds. The van der Waals surface area contributed by atoms with Gasteiger partial charge in [0.1, 0.15) is 4.90 Å². The maximum atomic E-state index is 11.6. The summed E-state index contributed by atoms with van der Waals surface area (Å²) in [5.41, 5.74) is -0.148. The Morgan fingerprint density at radius 2 is 2.06 bits per heavy atom. The van der Waals surface area contributed by atoms with E-state index in [-0.39, 0.29) is 17.1 Å². The molecule has 18 heavy (non-hydrogen) atoms. The van der Waals surface area contributed by atoms with Gasteiger partial charge in [0, 0.05) is 0 Å². The summed E-state index contributed by atoms with van der Waals surface area (Å²) in [6, 6.07) is 5.39. The minimum absolute atomic E-state index is 0.148. The molecule has 0 radical (unpaired) electrons. The zero-order valence-corrected chi connectivity index (χ0v) is 10.4. The first-order valence-corrected chi connectivity index (χ1v) is 6.57. The summed E-state index contributed by atoms with van der Waals surface area (Å²) < 4.78 is 30.7. The van der Waals surface area contributed by atoms with Crippen molar-refractivity contribution < 1.29 is 22.7 Å². The third-order valence-electron chi connectivity index (χ3n) is 1.98. The topological polar surface area (TPSA) is 89.9 Å². The Labute approximate surface area is 104 Å². The van der Waals surface area contributed by atoms with Crippen LogP contribution >= 0.6 is 0 Å². The van der Waals surface area contributed by atoms with Gasteiger partial charge in [-0.2, -0.15) is 8.42 Å². The number of nitrogens with zero attached hydrogens (tertiary/aromatic N) is 1. The Bertz CT molecular complexity index is 587. The van der Waals surface area contributed by atoms with Gasteiger partial charge >= 0.3 is 5.97 Å². The van der Waals surface area contributed by atoms with Crippen LogP contribution in [0, 0.1) is 0 Å². The molecule has 0 saturated carbocycles. The van der Waals surface area contributed by atoms with E-state index >= 15 is 0 Å². The second-order valence-electron chi connectivity index (χ2n) is 3.29. The van der Waals surface area contributed by atoms with Gasteiger partial charge in [-0.1, -0.05) is 23.5 Å². The highest BCUT2D eigenvalue weighted by atomic mass is 32.2. The highest BCUT2D eigenvalue weighted by Crippen LogP contribution is 2.18. The van der Waals surface area contributed by atoms with E-state index in [0.717, 1.165) is 6.08 Å². The summed E-state index contributed by atoms with van der Waals surface area (Å²) in [7, 11) is -4.21. The molecule has 0 unspecified atom stereocenters. The summed E-state index contributed by atoms with van der Waals surface area (Å²) in [5, 5.41) is 0. The van der Waals surface area contributed by atoms with E-state index in [1.54, 1.807) is 0 Å². The molecular formula is C11H11NO5S. The van der Waals surface area contributed by atoms with Gasteiger partial charge in [0.15, 0.2) is 0 Å². The molecule has 7 heteroatoms. The first-order chi connectivity index (χ1) is 8.53. The Morgan fingerprint density at radius 3 is 2.67 bits per heavy atom. The van der Waals surface area contributed by atoms with E-state index in [2.05, 4.69) is 4.40 Å². The lowest BCUT2D eigenvalue weighted by molar-refractivity contribution is 0.0500. The molecule has 0 saturated heterocycles. The Hall–Kier alpha value is -1.98. The Morgan fingerprint density at radius 1 is 1.39 bits per heavy atom. The van der Waals surface area contributed by atoms with Crippen LogP contribution in [0.1, 0.15) is 23.7 Å². The summed E-state index contributed by atoms with van der Waals surface area (Å²) >= 11 is 0. The molecule has 0 fully saturated rings. The minimum atomic E-state index is -4.21. The number of ether oxygens (including phenoxy) is 1. The smallest absolute Gasteiger partial charge is 0.339 e. The summed E-state index contributed by atoms with van der Waals surface area (Å²) in [6.45, 7) is 2.00. The van der Waals surface area contributed by atoms with Crippen LogP contribution in [-0.2, 0) is 19.6 Å². The van der Waals surface area contributed by atoms with Crippen LogP contribution in [0.15, 0.2) is 33.6 Å². The fourth-order valence-corrected chi connectivity index (χ4v) is 2.11. The van der Waals surface area contributed by atoms with Crippen molar-refractivity contribution in [3.63, 3.8) is 0 Å². The van der Waals surface area contributed by atoms with Crippen molar-refractivity contribution in [3.05, 3.63) is 29.8 Å². The van der Waals surface area contributed by atoms with E-state index < -0.39 is 16.0 Å². The number of sulfonamides is 1. The van der Waals surface area contributed by atoms with Gasteiger partial charge < -0.3 is 4.74 Å². The van der Waals surface area contributed by atoms with Crippen molar-refractivity contribution in [1.82, 2.24) is 0 Å². The van der Waals surface area contributed by atoms with E-state index in [1.807, 2.05) is 6.92 Å². The fraction of sp³-hybridized carbons (Fsp3) is 0.273. The van der Waals surface area contributed by atoms with Gasteiger partial charge in [0.05, 0.1) is 12.2 Å². The van der Waals surface area contributed by atoms with Crippen molar-refractivity contribution in [1.29, 1.82) is 0 Å². The molecule has 0 spiro atoms. The molecule has 0 heterocycles. The molecule has 0 aromatic heterocycles. The predicted molar refractivity (Wildman–Crippen MR) is 62.3 cm³/mol. The molecule has 0 atom stereocenters. The largest absolute Gasteiger partial charge is 0.462 e. The molecule has 1 aromatic carbocycles. The number of hydrogen-bond donors (Lipinski definition) is 0. The molecule has 0 aliphatic rings. The molecular weight excluding hydrogens is 258 g/mol. The van der Waals surface area contributed by atoms with Gasteiger partial charge in [-0.15, -0.1) is 0 Å². The monoisotopic (exact) mass is 269 g/mol. The van der Waals surface area contributed by atoms with Crippen LogP contribution in [-0.4, -0.2) is 27.1 Å². The Kier molecular flexibility index (Phi) is 4.76. The van der Waals surface area contributed by atoms with Crippen LogP contribution in [0.3, 0.4) is 0 Å². The lowest BCUT2D eigenvalue weighted by atomic mass is 10.2. The second kappa shape index (κ2) is 6.09. The van der Waals surface area contributed by atoms with Crippen LogP contribution in [0.5, 0.6) is 0 Å². The number of carbonyl (C=O) groups excluding carboxylic acids is 2. The van der Waals surface area contributed by atoms with Crippen LogP contribution in [0.4, 0.5) is 0 Å². The number of isocyanates is 1. The number of carbonyl (C=O) groups is 1. The van der Waals surface area contributed by atoms with Gasteiger partial charge in [-0.05, 0) is 18.6 Å². The normalized spacial score (nSPS) is 10.5. The highest BCUT2D eigenvalue weighted by Gasteiger charge is 2.22. The molecule has 6 nitrogen and oxygen atoms in total. The van der Waals surface area contributed by atoms with Crippen molar-refractivity contribution >= 4 is 22.1 Å². The van der Waals surface area contributed by atoms with Gasteiger partial charge in [0.2, 0.25) is 0 Å². The van der Waals surface area contributed by atoms with Crippen molar-refractivity contribution in [2.24, 2.45) is 4.40 Å². The van der Waals surface area contributed by atoms with Crippen LogP contribution < -0.4 is 0 Å². The van der Waals surface area contributed by atoms with Crippen LogP contribution in [0.2, 0.25) is 0 Å². The number of benzene rings is 1. The van der Waals surface area contributed by atoms with Gasteiger partial charge in [-0.3, -0.25) is 0 Å². The van der Waals surface area contributed by atoms with Crippen molar-refractivity contribution in [3.8, 4) is 0 Å². The standard InChI is InChI=1S/C11H11NO5S/c1-2-7-17-11(14)9-5-3-4-6-10(9)18(15,16)12-8-13/h3-6H,2,7H2,1H3. The maximum absolute atomic E-state index is 11.6. The maximum Gasteiger partial charge on any atom is 0.339 e. The van der Waals surface area contributed by atoms with E-state index in [1.165, 1.54) is 24.3 Å². The molecule has 0 N–H and O–H groups in total. The molecule has 0 bridgehead atoms. The van der Waals surface area contributed by atoms with Crippen molar-refractivity contribution in [2.45, 2.75) is 18.2 Å². The Balaban J connectivity index is 3.23. The fourth-order valence-electron chi connectivity index (χ4n) is 1.23. The molecule has 0 aliphatic heterocycles. The molecule has 96 valence electrons. The summed E-state index contributed by atoms with van der Waals surface area (Å²) in [5.74, 6) is -0.767. The average Bonchev–Trinajstić information content (AvgIpc) is 2.36. The van der Waals surface area contributed by atoms with Crippen LogP contribution in [0.25, 0.3) is 0 Å². The third-order valence-corrected chi connectivity index (χ3v) is 3.21. The lowest BCUT2D eigenvalue weighted by Crippen LogP contribution is -2.11. The van der Waals surface area contributed by atoms with Crippen molar-refractivity contribution in [2.75, 3.05) is 6.61 Å². The number of rotatable bonds is 5. The summed E-state index contributed by atoms with van der Waals surface area (Å²) in [6.07, 6.45) is 1.57. The predicted octanol–water partition coefficient (Wildman–Crippen LogP) is 1.28. The van der Waals surface area contributed by atoms with Gasteiger partial charge in [-0.25, -0.2) is 9.59 Å². The van der Waals surface area contributed by atoms with E-state index in [4.69, 9.17) is 4.74 Å². The number of esters is 1.